The predicted octanol–water partition coefficient (Wildman–Crippen LogP) is -0.687. The highest BCUT2D eigenvalue weighted by atomic mass is 32.3. The van der Waals surface area contributed by atoms with Gasteiger partial charge >= 0.3 is 10.4 Å². The number of aliphatic imine (C=N–C) groups is 1. The molecule has 2 heterocycles. The van der Waals surface area contributed by atoms with E-state index in [9.17, 15) is 18.0 Å². The van der Waals surface area contributed by atoms with Crippen molar-refractivity contribution in [2.45, 2.75) is 57.4 Å². The van der Waals surface area contributed by atoms with Crippen LogP contribution in [0, 0.1) is 0 Å². The average molecular weight is 658 g/mol. The maximum absolute atomic E-state index is 13.2. The highest BCUT2D eigenvalue weighted by molar-refractivity contribution is 8.02. The van der Waals surface area contributed by atoms with Crippen LogP contribution in [0.1, 0.15) is 38.3 Å². The van der Waals surface area contributed by atoms with Gasteiger partial charge < -0.3 is 42.3 Å². The molecule has 2 unspecified atom stereocenters. The summed E-state index contributed by atoms with van der Waals surface area (Å²) < 4.78 is 41.4. The number of nitrogens with two attached hydrogens (primary N) is 3. The fraction of sp³-hybridized carbons (Fsp3) is 0.520. The normalized spacial score (nSPS) is 17.8. The number of amides is 2. The number of hydrogen-bond donors (Lipinski definition) is 6. The number of oxime groups is 1. The summed E-state index contributed by atoms with van der Waals surface area (Å²) in [5, 5.41) is 11.5. The van der Waals surface area contributed by atoms with E-state index in [2.05, 4.69) is 25.1 Å². The van der Waals surface area contributed by atoms with Crippen LogP contribution in [0.3, 0.4) is 0 Å². The topological polar surface area (TPSA) is 250 Å². The molecule has 244 valence electrons. The molecule has 2 aliphatic heterocycles. The Morgan fingerprint density at radius 2 is 2.07 bits per heavy atom. The molecule has 17 nitrogen and oxygen atoms in total. The van der Waals surface area contributed by atoms with Gasteiger partial charge in [-0.25, -0.2) is 0 Å². The number of guanidine groups is 1. The number of rotatable bonds is 16. The molecule has 2 atom stereocenters. The summed E-state index contributed by atoms with van der Waals surface area (Å²) in [5.74, 6) is 0.381. The van der Waals surface area contributed by atoms with Gasteiger partial charge in [0.1, 0.15) is 17.9 Å². The van der Waals surface area contributed by atoms with E-state index in [0.717, 1.165) is 17.5 Å². The first kappa shape index (κ1) is 34.9. The van der Waals surface area contributed by atoms with Gasteiger partial charge in [0.25, 0.3) is 5.91 Å². The van der Waals surface area contributed by atoms with Crippen LogP contribution in [0.15, 0.2) is 39.5 Å². The Kier molecular flexibility index (Phi) is 12.2. The molecule has 0 spiro atoms. The number of nitrogens with one attached hydrogen (secondary N) is 2. The lowest BCUT2D eigenvalue weighted by atomic mass is 9.95. The van der Waals surface area contributed by atoms with Crippen molar-refractivity contribution in [2.24, 2.45) is 27.3 Å². The van der Waals surface area contributed by atoms with E-state index in [0.29, 0.717) is 48.6 Å². The van der Waals surface area contributed by atoms with Crippen molar-refractivity contribution in [1.82, 2.24) is 20.6 Å². The second-order valence-electron chi connectivity index (χ2n) is 10.3. The highest BCUT2D eigenvalue weighted by Crippen LogP contribution is 2.27. The van der Waals surface area contributed by atoms with Gasteiger partial charge in [0.15, 0.2) is 18.3 Å². The lowest BCUT2D eigenvalue weighted by molar-refractivity contribution is -0.166. The average Bonchev–Trinajstić information content (AvgIpc) is 3.58. The number of carbonyl (C=O) groups is 2. The lowest BCUT2D eigenvalue weighted by Crippen LogP contribution is -2.58. The number of carbonyl (C=O) groups excluding carboxylic acids is 2. The Bertz CT molecular complexity index is 1390. The predicted molar refractivity (Wildman–Crippen MR) is 164 cm³/mol. The standard InChI is InChI=1S/C25H39N9O8S2/c1-16(25(2,3)34(15-35)42-44(37,38)39)30-22(36)21(20-14-43-24(28)31-20)32-41-10-9-40-19-6-5-17-12-33(13-18(17)11-19)23(27)29-8-4-7-26/h5-6,11,14-16,24,31H,4,7-10,12-13,26,28H2,1-3H3,(H2,27,29)(H,30,36)(H,37,38,39)/b32-21-. The van der Waals surface area contributed by atoms with Gasteiger partial charge in [-0.2, -0.15) is 13.5 Å². The van der Waals surface area contributed by atoms with Crippen molar-refractivity contribution in [1.29, 1.82) is 0 Å². The van der Waals surface area contributed by atoms with Gasteiger partial charge in [-0.05, 0) is 57.0 Å². The van der Waals surface area contributed by atoms with Gasteiger partial charge in [-0.15, -0.1) is 4.28 Å². The molecule has 0 aliphatic carbocycles. The van der Waals surface area contributed by atoms with Crippen LogP contribution in [-0.2, 0) is 42.2 Å². The molecular weight excluding hydrogens is 618 g/mol. The molecule has 2 amide bonds. The Labute approximate surface area is 260 Å². The molecule has 0 saturated heterocycles. The van der Waals surface area contributed by atoms with E-state index in [1.807, 2.05) is 23.1 Å². The zero-order valence-corrected chi connectivity index (χ0v) is 26.3. The number of hydroxylamine groups is 2. The largest absolute Gasteiger partial charge is 0.490 e. The fourth-order valence-corrected chi connectivity index (χ4v) is 5.09. The minimum Gasteiger partial charge on any atom is -0.490 e. The smallest absolute Gasteiger partial charge is 0.418 e. The summed E-state index contributed by atoms with van der Waals surface area (Å²) >= 11 is 1.22. The van der Waals surface area contributed by atoms with Crippen molar-refractivity contribution in [3.05, 3.63) is 40.4 Å². The summed E-state index contributed by atoms with van der Waals surface area (Å²) in [7, 11) is -4.99. The zero-order valence-electron chi connectivity index (χ0n) is 24.6. The quantitative estimate of drug-likeness (QED) is 0.0322. The monoisotopic (exact) mass is 657 g/mol. The van der Waals surface area contributed by atoms with Crippen LogP contribution < -0.4 is 32.6 Å². The van der Waals surface area contributed by atoms with Crippen molar-refractivity contribution < 1.29 is 36.4 Å². The molecule has 2 aliphatic rings. The molecule has 1 aromatic rings. The van der Waals surface area contributed by atoms with Gasteiger partial charge in [-0.3, -0.25) is 19.1 Å². The summed E-state index contributed by atoms with van der Waals surface area (Å²) in [4.78, 5) is 36.4. The molecule has 0 saturated carbocycles. The maximum atomic E-state index is 13.2. The van der Waals surface area contributed by atoms with Crippen LogP contribution >= 0.6 is 11.8 Å². The van der Waals surface area contributed by atoms with Gasteiger partial charge in [0, 0.05) is 25.0 Å². The van der Waals surface area contributed by atoms with E-state index in [1.165, 1.54) is 32.5 Å². The molecule has 0 aromatic heterocycles. The summed E-state index contributed by atoms with van der Waals surface area (Å²) in [6.07, 6.45) is 0.835. The summed E-state index contributed by atoms with van der Waals surface area (Å²) in [6, 6.07) is 4.83. The minimum absolute atomic E-state index is 0.00458. The molecule has 0 radical (unpaired) electrons. The SMILES string of the molecule is CC(NC(=O)/C(=N\OCCOc1ccc2c(c1)CN(C(N)=NCCCN)C2)C1=CSC(N)N1)C(C)(C)N(C=O)OS(=O)(=O)O. The van der Waals surface area contributed by atoms with Crippen molar-refractivity contribution >= 4 is 46.1 Å². The third kappa shape index (κ3) is 9.69. The second kappa shape index (κ2) is 15.4. The number of benzene rings is 1. The molecule has 0 fully saturated rings. The van der Waals surface area contributed by atoms with E-state index >= 15 is 0 Å². The van der Waals surface area contributed by atoms with Crippen molar-refractivity contribution in [3.8, 4) is 5.75 Å². The lowest BCUT2D eigenvalue weighted by Gasteiger charge is -2.37. The number of ether oxygens (including phenoxy) is 1. The first-order valence-corrected chi connectivity index (χ1v) is 15.9. The van der Waals surface area contributed by atoms with E-state index in [1.54, 1.807) is 5.41 Å². The number of nitrogens with zero attached hydrogens (tertiary/aromatic N) is 4. The van der Waals surface area contributed by atoms with Crippen LogP contribution in [0.25, 0.3) is 0 Å². The van der Waals surface area contributed by atoms with E-state index in [-0.39, 0.29) is 25.3 Å². The van der Waals surface area contributed by atoms with Crippen LogP contribution in [0.4, 0.5) is 0 Å². The fourth-order valence-electron chi connectivity index (χ4n) is 4.00. The molecule has 19 heteroatoms. The van der Waals surface area contributed by atoms with Crippen LogP contribution in [0.5, 0.6) is 5.75 Å². The van der Waals surface area contributed by atoms with Gasteiger partial charge in [0.05, 0.1) is 17.3 Å². The van der Waals surface area contributed by atoms with Crippen LogP contribution in [-0.4, -0.2) is 90.3 Å². The Balaban J connectivity index is 1.59. The van der Waals surface area contributed by atoms with E-state index in [4.69, 9.17) is 31.3 Å². The number of fused-ring (bicyclic) bond motifs is 1. The van der Waals surface area contributed by atoms with Gasteiger partial charge in [-0.1, -0.05) is 23.0 Å². The molecule has 1 aromatic carbocycles. The number of hydrogen-bond acceptors (Lipinski definition) is 13. The molecule has 44 heavy (non-hydrogen) atoms. The minimum atomic E-state index is -4.99. The maximum Gasteiger partial charge on any atom is 0.418 e. The first-order valence-electron chi connectivity index (χ1n) is 13.5. The van der Waals surface area contributed by atoms with Crippen LogP contribution in [0.2, 0.25) is 0 Å². The zero-order chi connectivity index (χ0) is 32.5. The first-order chi connectivity index (χ1) is 20.7. The Morgan fingerprint density at radius 1 is 1.34 bits per heavy atom. The number of thioether (sulfide) groups is 1. The van der Waals surface area contributed by atoms with Crippen molar-refractivity contribution in [2.75, 3.05) is 26.3 Å². The molecule has 9 N–H and O–H groups in total. The Morgan fingerprint density at radius 3 is 2.70 bits per heavy atom. The molecular formula is C25H39N9O8S2. The second-order valence-corrected chi connectivity index (χ2v) is 12.3. The molecule has 0 bridgehead atoms. The Hall–Kier alpha value is -3.62. The summed E-state index contributed by atoms with van der Waals surface area (Å²) in [5.41, 5.74) is 17.9. The van der Waals surface area contributed by atoms with Gasteiger partial charge in [0.2, 0.25) is 6.41 Å². The third-order valence-electron chi connectivity index (χ3n) is 6.81. The third-order valence-corrected chi connectivity index (χ3v) is 7.94. The molecule has 3 rings (SSSR count). The highest BCUT2D eigenvalue weighted by Gasteiger charge is 2.38. The van der Waals surface area contributed by atoms with E-state index < -0.39 is 33.4 Å². The summed E-state index contributed by atoms with van der Waals surface area (Å²) in [6.45, 7) is 6.85. The van der Waals surface area contributed by atoms with Crippen molar-refractivity contribution in [3.63, 3.8) is 0 Å².